The first-order valence-corrected chi connectivity index (χ1v) is 6.60. The Bertz CT molecular complexity index is 459. The highest BCUT2D eigenvalue weighted by molar-refractivity contribution is 5.80. The summed E-state index contributed by atoms with van der Waals surface area (Å²) in [5, 5.41) is 0. The van der Waals surface area contributed by atoms with E-state index in [1.807, 2.05) is 0 Å². The van der Waals surface area contributed by atoms with E-state index in [0.29, 0.717) is 29.4 Å². The molecule has 0 unspecified atom stereocenters. The first kappa shape index (κ1) is 14.6. The Morgan fingerprint density at radius 1 is 1.40 bits per heavy atom. The summed E-state index contributed by atoms with van der Waals surface area (Å²) in [4.78, 5) is 13.1. The highest BCUT2D eigenvalue weighted by atomic mass is 16.5. The van der Waals surface area contributed by atoms with Gasteiger partial charge in [-0.2, -0.15) is 0 Å². The van der Waals surface area contributed by atoms with Crippen molar-refractivity contribution < 1.29 is 19.0 Å². The first-order valence-electron chi connectivity index (χ1n) is 6.60. The van der Waals surface area contributed by atoms with Gasteiger partial charge < -0.3 is 19.9 Å². The van der Waals surface area contributed by atoms with Crippen molar-refractivity contribution in [1.29, 1.82) is 0 Å². The molecule has 110 valence electrons. The van der Waals surface area contributed by atoms with E-state index in [-0.39, 0.29) is 0 Å². The average Bonchev–Trinajstić information content (AvgIpc) is 2.49. The van der Waals surface area contributed by atoms with Gasteiger partial charge in [0, 0.05) is 25.2 Å². The molecular weight excluding hydrogens is 260 g/mol. The Kier molecular flexibility index (Phi) is 5.20. The Balaban J connectivity index is 1.95. The second-order valence-electron chi connectivity index (χ2n) is 4.56. The van der Waals surface area contributed by atoms with Gasteiger partial charge in [-0.15, -0.1) is 0 Å². The van der Waals surface area contributed by atoms with E-state index in [1.54, 1.807) is 12.1 Å². The number of hydrogen-bond donors (Lipinski definition) is 1. The van der Waals surface area contributed by atoms with E-state index in [9.17, 15) is 4.79 Å². The largest absolute Gasteiger partial charge is 0.493 e. The van der Waals surface area contributed by atoms with Crippen LogP contribution < -0.4 is 15.2 Å². The molecule has 6 heteroatoms. The van der Waals surface area contributed by atoms with Crippen molar-refractivity contribution in [2.24, 2.45) is 0 Å². The smallest absolute Gasteiger partial charge is 0.184 e. The Labute approximate surface area is 118 Å². The number of hydrogen-bond acceptors (Lipinski definition) is 6. The molecule has 0 amide bonds. The van der Waals surface area contributed by atoms with Crippen LogP contribution in [0, 0.1) is 0 Å². The number of morpholine rings is 1. The highest BCUT2D eigenvalue weighted by Crippen LogP contribution is 2.34. The summed E-state index contributed by atoms with van der Waals surface area (Å²) in [6.45, 7) is 4.68. The zero-order chi connectivity index (χ0) is 14.4. The van der Waals surface area contributed by atoms with Crippen molar-refractivity contribution in [3.63, 3.8) is 0 Å². The van der Waals surface area contributed by atoms with E-state index in [1.165, 1.54) is 7.11 Å². The monoisotopic (exact) mass is 280 g/mol. The van der Waals surface area contributed by atoms with Crippen LogP contribution in [-0.2, 0) is 4.74 Å². The quantitative estimate of drug-likeness (QED) is 0.614. The standard InChI is InChI=1S/C14H20N2O4/c1-18-13-9-11(10-17)8-12(15)14(13)20-7-4-16-2-5-19-6-3-16/h8-10H,2-7,15H2,1H3. The van der Waals surface area contributed by atoms with E-state index < -0.39 is 0 Å². The third-order valence-electron chi connectivity index (χ3n) is 3.22. The molecule has 0 aliphatic carbocycles. The second-order valence-corrected chi connectivity index (χ2v) is 4.56. The summed E-state index contributed by atoms with van der Waals surface area (Å²) in [5.41, 5.74) is 6.78. The molecular formula is C14H20N2O4. The van der Waals surface area contributed by atoms with Crippen molar-refractivity contribution in [1.82, 2.24) is 4.90 Å². The Morgan fingerprint density at radius 2 is 2.15 bits per heavy atom. The van der Waals surface area contributed by atoms with Crippen LogP contribution >= 0.6 is 0 Å². The topological polar surface area (TPSA) is 74.0 Å². The molecule has 1 aromatic rings. The molecule has 0 aromatic heterocycles. The molecule has 0 radical (unpaired) electrons. The third kappa shape index (κ3) is 3.61. The maximum absolute atomic E-state index is 10.8. The zero-order valence-corrected chi connectivity index (χ0v) is 11.6. The molecule has 2 rings (SSSR count). The van der Waals surface area contributed by atoms with Gasteiger partial charge in [-0.3, -0.25) is 9.69 Å². The fourth-order valence-electron chi connectivity index (χ4n) is 2.12. The Hall–Kier alpha value is -1.79. The summed E-state index contributed by atoms with van der Waals surface area (Å²) in [6, 6.07) is 3.20. The molecule has 1 aliphatic heterocycles. The van der Waals surface area contributed by atoms with Crippen LogP contribution in [0.2, 0.25) is 0 Å². The van der Waals surface area contributed by atoms with Crippen LogP contribution in [-0.4, -0.2) is 57.8 Å². The molecule has 0 spiro atoms. The lowest BCUT2D eigenvalue weighted by Crippen LogP contribution is -2.38. The van der Waals surface area contributed by atoms with Gasteiger partial charge in [0.1, 0.15) is 12.9 Å². The molecule has 1 saturated heterocycles. The lowest BCUT2D eigenvalue weighted by molar-refractivity contribution is 0.0321. The molecule has 1 fully saturated rings. The molecule has 1 aliphatic rings. The summed E-state index contributed by atoms with van der Waals surface area (Å²) in [7, 11) is 1.53. The lowest BCUT2D eigenvalue weighted by Gasteiger charge is -2.26. The second kappa shape index (κ2) is 7.12. The minimum atomic E-state index is 0.411. The van der Waals surface area contributed by atoms with Crippen LogP contribution in [0.15, 0.2) is 12.1 Å². The van der Waals surface area contributed by atoms with E-state index in [4.69, 9.17) is 19.9 Å². The SMILES string of the molecule is COc1cc(C=O)cc(N)c1OCCN1CCOCC1. The summed E-state index contributed by atoms with van der Waals surface area (Å²) in [6.07, 6.45) is 0.733. The number of nitrogens with zero attached hydrogens (tertiary/aromatic N) is 1. The normalized spacial score (nSPS) is 15.8. The zero-order valence-electron chi connectivity index (χ0n) is 11.6. The van der Waals surface area contributed by atoms with Gasteiger partial charge in [-0.05, 0) is 12.1 Å². The molecule has 2 N–H and O–H groups in total. The van der Waals surface area contributed by atoms with Gasteiger partial charge in [0.25, 0.3) is 0 Å². The number of methoxy groups -OCH3 is 1. The molecule has 0 saturated carbocycles. The maximum Gasteiger partial charge on any atom is 0.184 e. The molecule has 20 heavy (non-hydrogen) atoms. The number of carbonyl (C=O) groups is 1. The van der Waals surface area contributed by atoms with Gasteiger partial charge in [-0.1, -0.05) is 0 Å². The van der Waals surface area contributed by atoms with Crippen LogP contribution in [0.3, 0.4) is 0 Å². The predicted octanol–water partition coefficient (Wildman–Crippen LogP) is 0.801. The first-order chi connectivity index (χ1) is 9.74. The highest BCUT2D eigenvalue weighted by Gasteiger charge is 2.13. The maximum atomic E-state index is 10.8. The van der Waals surface area contributed by atoms with Crippen molar-refractivity contribution in [2.75, 3.05) is 52.3 Å². The Morgan fingerprint density at radius 3 is 2.80 bits per heavy atom. The predicted molar refractivity (Wildman–Crippen MR) is 75.5 cm³/mol. The van der Waals surface area contributed by atoms with E-state index >= 15 is 0 Å². The molecule has 6 nitrogen and oxygen atoms in total. The van der Waals surface area contributed by atoms with Gasteiger partial charge in [-0.25, -0.2) is 0 Å². The van der Waals surface area contributed by atoms with Crippen LogP contribution in [0.4, 0.5) is 5.69 Å². The van der Waals surface area contributed by atoms with Gasteiger partial charge >= 0.3 is 0 Å². The van der Waals surface area contributed by atoms with Crippen LogP contribution in [0.1, 0.15) is 10.4 Å². The minimum absolute atomic E-state index is 0.411. The van der Waals surface area contributed by atoms with Crippen LogP contribution in [0.5, 0.6) is 11.5 Å². The number of carbonyl (C=O) groups excluding carboxylic acids is 1. The average molecular weight is 280 g/mol. The fourth-order valence-corrected chi connectivity index (χ4v) is 2.12. The molecule has 1 heterocycles. The third-order valence-corrected chi connectivity index (χ3v) is 3.22. The van der Waals surface area contributed by atoms with E-state index in [2.05, 4.69) is 4.90 Å². The molecule has 1 aromatic carbocycles. The van der Waals surface area contributed by atoms with Crippen LogP contribution in [0.25, 0.3) is 0 Å². The summed E-state index contributed by atoms with van der Waals surface area (Å²) in [5.74, 6) is 0.973. The fraction of sp³-hybridized carbons (Fsp3) is 0.500. The van der Waals surface area contributed by atoms with Crippen molar-refractivity contribution >= 4 is 12.0 Å². The molecule has 0 bridgehead atoms. The van der Waals surface area contributed by atoms with Crippen molar-refractivity contribution in [2.45, 2.75) is 0 Å². The number of rotatable bonds is 6. The number of ether oxygens (including phenoxy) is 3. The number of anilines is 1. The van der Waals surface area contributed by atoms with Gasteiger partial charge in [0.15, 0.2) is 11.5 Å². The lowest BCUT2D eigenvalue weighted by atomic mass is 10.2. The molecule has 0 atom stereocenters. The summed E-state index contributed by atoms with van der Waals surface area (Å²) < 4.78 is 16.2. The van der Waals surface area contributed by atoms with E-state index in [0.717, 1.165) is 39.1 Å². The van der Waals surface area contributed by atoms with Gasteiger partial charge in [0.05, 0.1) is 26.0 Å². The number of aldehydes is 1. The van der Waals surface area contributed by atoms with Gasteiger partial charge in [0.2, 0.25) is 0 Å². The van der Waals surface area contributed by atoms with Crippen molar-refractivity contribution in [3.8, 4) is 11.5 Å². The van der Waals surface area contributed by atoms with Crippen molar-refractivity contribution in [3.05, 3.63) is 17.7 Å². The minimum Gasteiger partial charge on any atom is -0.493 e. The number of benzene rings is 1. The number of nitrogens with two attached hydrogens (primary N) is 1. The summed E-state index contributed by atoms with van der Waals surface area (Å²) >= 11 is 0. The number of nitrogen functional groups attached to an aromatic ring is 1.